The number of aryl methyl sites for hydroxylation is 3. The van der Waals surface area contributed by atoms with Crippen LogP contribution in [0.25, 0.3) is 21.9 Å². The van der Waals surface area contributed by atoms with Crippen LogP contribution in [0.2, 0.25) is 0 Å². The Morgan fingerprint density at radius 1 is 0.405 bits per heavy atom. The average Bonchev–Trinajstić information content (AvgIpc) is 0.804. The largest absolute Gasteiger partial charge is 0.456 e. The Balaban J connectivity index is 1.12. The lowest BCUT2D eigenvalue weighted by molar-refractivity contribution is 0.332. The molecule has 0 atom stereocenters. The topological polar surface area (TPSA) is 22.9 Å². The van der Waals surface area contributed by atoms with E-state index in [0.29, 0.717) is 0 Å². The van der Waals surface area contributed by atoms with Crippen molar-refractivity contribution in [3.05, 3.63) is 189 Å². The van der Waals surface area contributed by atoms with Gasteiger partial charge in [-0.05, 0) is 235 Å². The van der Waals surface area contributed by atoms with Gasteiger partial charge in [-0.1, -0.05) is 172 Å². The van der Waals surface area contributed by atoms with Gasteiger partial charge in [-0.3, -0.25) is 0 Å². The fourth-order valence-corrected chi connectivity index (χ4v) is 15.1. The van der Waals surface area contributed by atoms with Crippen LogP contribution in [0.4, 0.5) is 51.2 Å². The fourth-order valence-electron chi connectivity index (χ4n) is 15.1. The van der Waals surface area contributed by atoms with Gasteiger partial charge in [0.05, 0.1) is 0 Å². The van der Waals surface area contributed by atoms with Gasteiger partial charge in [0.1, 0.15) is 11.2 Å². The molecule has 84 heavy (non-hydrogen) atoms. The summed E-state index contributed by atoms with van der Waals surface area (Å²) >= 11 is 0. The molecule has 1 aromatic heterocycles. The minimum atomic E-state index is -0.0512. The molecule has 4 aliphatic rings. The first-order valence-electron chi connectivity index (χ1n) is 31.4. The van der Waals surface area contributed by atoms with Gasteiger partial charge in [0, 0.05) is 62.0 Å². The molecular weight excluding hydrogens is 1020 g/mol. The van der Waals surface area contributed by atoms with Crippen LogP contribution in [0.3, 0.4) is 0 Å². The van der Waals surface area contributed by atoms with Crippen molar-refractivity contribution in [2.75, 3.05) is 14.7 Å². The number of furan rings is 1. The van der Waals surface area contributed by atoms with Gasteiger partial charge in [-0.2, -0.15) is 0 Å². The summed E-state index contributed by atoms with van der Waals surface area (Å²) in [6.07, 6.45) is 4.64. The van der Waals surface area contributed by atoms with Gasteiger partial charge in [0.2, 0.25) is 0 Å². The van der Waals surface area contributed by atoms with Gasteiger partial charge in [0.25, 0.3) is 6.71 Å². The van der Waals surface area contributed by atoms with E-state index in [0.717, 1.165) is 52.6 Å². The predicted octanol–water partition coefficient (Wildman–Crippen LogP) is 20.7. The highest BCUT2D eigenvalue weighted by Gasteiger charge is 2.48. The van der Waals surface area contributed by atoms with Gasteiger partial charge in [-0.25, -0.2) is 0 Å². The van der Waals surface area contributed by atoms with Crippen molar-refractivity contribution in [2.24, 2.45) is 0 Å². The molecule has 9 aromatic rings. The molecule has 5 heteroatoms. The molecule has 0 spiro atoms. The Hall–Kier alpha value is -6.98. The third kappa shape index (κ3) is 8.89. The molecule has 0 radical (unpaired) electrons. The second-order valence-electron chi connectivity index (χ2n) is 31.9. The quantitative estimate of drug-likeness (QED) is 0.160. The maximum absolute atomic E-state index is 6.79. The zero-order chi connectivity index (χ0) is 59.9. The van der Waals surface area contributed by atoms with Crippen LogP contribution in [-0.4, -0.2) is 6.71 Å². The number of anilines is 9. The van der Waals surface area contributed by atoms with Gasteiger partial charge < -0.3 is 19.1 Å². The minimum Gasteiger partial charge on any atom is -0.456 e. The van der Waals surface area contributed by atoms with Crippen LogP contribution in [-0.2, 0) is 37.9 Å². The van der Waals surface area contributed by atoms with Crippen molar-refractivity contribution in [1.29, 1.82) is 0 Å². The lowest BCUT2D eigenvalue weighted by atomic mass is 9.33. The van der Waals surface area contributed by atoms with E-state index >= 15 is 0 Å². The Morgan fingerprint density at radius 3 is 1.43 bits per heavy atom. The standard InChI is InChI=1S/C79H90BN3O/c1-47-37-68-72-69(38-47)83(54-24-28-58-59(43-54)77(15,16)34-33-76(58,13)14)67-46-61-60(78(17,18)35-36-79(61,19)20)45-63(67)80(72)62-29-25-55(44-66(62)82(68)53-26-32-70-57(42-53)56-27-21-52(75(10,11)12)41-71(56)84-70)81(64-30-22-50(39-48(64)2)73(4,5)6)65-31-23-51(40-49(65)3)74(7,8)9/h21-32,37-46H,33-36H2,1-20H3. The summed E-state index contributed by atoms with van der Waals surface area (Å²) < 4.78 is 6.79. The van der Waals surface area contributed by atoms with Crippen molar-refractivity contribution in [1.82, 2.24) is 0 Å². The summed E-state index contributed by atoms with van der Waals surface area (Å²) in [6.45, 7) is 47.4. The predicted molar refractivity (Wildman–Crippen MR) is 363 cm³/mol. The van der Waals surface area contributed by atoms with E-state index in [4.69, 9.17) is 4.42 Å². The molecule has 0 N–H and O–H groups in total. The van der Waals surface area contributed by atoms with Crippen molar-refractivity contribution < 1.29 is 4.42 Å². The highest BCUT2D eigenvalue weighted by atomic mass is 16.3. The van der Waals surface area contributed by atoms with Crippen molar-refractivity contribution in [3.63, 3.8) is 0 Å². The van der Waals surface area contributed by atoms with Crippen LogP contribution in [0.1, 0.15) is 199 Å². The second kappa shape index (κ2) is 18.5. The van der Waals surface area contributed by atoms with E-state index in [1.807, 2.05) is 0 Å². The maximum Gasteiger partial charge on any atom is 0.252 e. The van der Waals surface area contributed by atoms with Crippen molar-refractivity contribution >= 4 is 96.2 Å². The van der Waals surface area contributed by atoms with Crippen LogP contribution in [0, 0.1) is 20.8 Å². The second-order valence-corrected chi connectivity index (χ2v) is 31.9. The van der Waals surface area contributed by atoms with Crippen LogP contribution in [0.5, 0.6) is 0 Å². The Labute approximate surface area is 503 Å². The molecule has 13 rings (SSSR count). The van der Waals surface area contributed by atoms with E-state index in [-0.39, 0.29) is 44.6 Å². The lowest BCUT2D eigenvalue weighted by Gasteiger charge is -2.48. The molecular formula is C79H90BN3O. The lowest BCUT2D eigenvalue weighted by Crippen LogP contribution is -2.62. The number of nitrogens with zero attached hydrogens (tertiary/aromatic N) is 3. The first kappa shape index (κ1) is 56.2. The molecule has 430 valence electrons. The molecule has 0 fully saturated rings. The van der Waals surface area contributed by atoms with Gasteiger partial charge in [-0.15, -0.1) is 0 Å². The van der Waals surface area contributed by atoms with Crippen LogP contribution >= 0.6 is 0 Å². The number of benzene rings is 8. The molecule has 0 saturated heterocycles. The number of rotatable bonds is 5. The minimum absolute atomic E-state index is 0.00758. The summed E-state index contributed by atoms with van der Waals surface area (Å²) in [6, 6.07) is 53.4. The zero-order valence-electron chi connectivity index (χ0n) is 54.4. The molecule has 2 aliphatic carbocycles. The normalized spacial score (nSPS) is 17.4. The van der Waals surface area contributed by atoms with Gasteiger partial charge in [0.15, 0.2) is 0 Å². The summed E-state index contributed by atoms with van der Waals surface area (Å²) in [7, 11) is 0. The molecule has 3 heterocycles. The smallest absolute Gasteiger partial charge is 0.252 e. The molecule has 4 nitrogen and oxygen atoms in total. The van der Waals surface area contributed by atoms with Crippen molar-refractivity contribution in [3.8, 4) is 0 Å². The molecule has 2 aliphatic heterocycles. The van der Waals surface area contributed by atoms with E-state index in [1.165, 1.54) is 118 Å². The zero-order valence-corrected chi connectivity index (χ0v) is 54.4. The van der Waals surface area contributed by atoms with Crippen molar-refractivity contribution in [2.45, 2.75) is 202 Å². The third-order valence-electron chi connectivity index (χ3n) is 20.7. The first-order chi connectivity index (χ1) is 39.2. The fraction of sp³-hybridized carbons (Fsp3) is 0.392. The van der Waals surface area contributed by atoms with Crippen LogP contribution in [0.15, 0.2) is 138 Å². The molecule has 0 saturated carbocycles. The monoisotopic (exact) mass is 1110 g/mol. The summed E-state index contributed by atoms with van der Waals surface area (Å²) in [5.74, 6) is 0. The summed E-state index contributed by atoms with van der Waals surface area (Å²) in [5.41, 5.74) is 30.5. The maximum atomic E-state index is 6.79. The number of fused-ring (bicyclic) bond motifs is 9. The molecule has 8 aromatic carbocycles. The van der Waals surface area contributed by atoms with E-state index in [9.17, 15) is 0 Å². The van der Waals surface area contributed by atoms with E-state index in [2.05, 4.69) is 287 Å². The Kier molecular flexibility index (Phi) is 12.4. The van der Waals surface area contributed by atoms with Crippen LogP contribution < -0.4 is 31.1 Å². The first-order valence-corrected chi connectivity index (χ1v) is 31.4. The van der Waals surface area contributed by atoms with Gasteiger partial charge >= 0.3 is 0 Å². The SMILES string of the molecule is Cc1cc2c3c(c1)N(c1ccc4c(c1)C(C)(C)CCC4(C)C)c1cc4c(cc1B3c1ccc(N(c3ccc(C(C)(C)C)cc3C)c3ccc(C(C)(C)C)cc3C)cc1N2c1ccc2oc3cc(C(C)(C)C)ccc3c2c1)C(C)(C)CCC4(C)C. The van der Waals surface area contributed by atoms with E-state index in [1.54, 1.807) is 0 Å². The summed E-state index contributed by atoms with van der Waals surface area (Å²) in [4.78, 5) is 7.87. The number of hydrogen-bond donors (Lipinski definition) is 0. The number of hydrogen-bond acceptors (Lipinski definition) is 4. The highest BCUT2D eigenvalue weighted by Crippen LogP contribution is 2.54. The Morgan fingerprint density at radius 2 is 0.881 bits per heavy atom. The average molecular weight is 1110 g/mol. The third-order valence-corrected chi connectivity index (χ3v) is 20.7. The molecule has 0 unspecified atom stereocenters. The molecule has 0 amide bonds. The van der Waals surface area contributed by atoms with E-state index < -0.39 is 0 Å². The molecule has 0 bridgehead atoms. The Bertz CT molecular complexity index is 4150. The highest BCUT2D eigenvalue weighted by molar-refractivity contribution is 7.00. The summed E-state index contributed by atoms with van der Waals surface area (Å²) in [5, 5.41) is 2.26.